The third kappa shape index (κ3) is 9.21. The summed E-state index contributed by atoms with van der Waals surface area (Å²) in [6, 6.07) is 3.26. The Morgan fingerprint density at radius 3 is 2.56 bits per heavy atom. The Morgan fingerprint density at radius 1 is 1.11 bits per heavy atom. The lowest BCUT2D eigenvalue weighted by Crippen LogP contribution is -2.58. The molecule has 2 fully saturated rings. The zero-order valence-electron chi connectivity index (χ0n) is 30.4. The molecule has 5 atom stereocenters. The van der Waals surface area contributed by atoms with Gasteiger partial charge in [0.05, 0.1) is 17.4 Å². The van der Waals surface area contributed by atoms with Gasteiger partial charge < -0.3 is 25.0 Å². The molecule has 3 N–H and O–H groups in total. The summed E-state index contributed by atoms with van der Waals surface area (Å²) < 4.78 is 54.2. The number of amides is 5. The molecule has 3 aliphatic heterocycles. The van der Waals surface area contributed by atoms with Crippen molar-refractivity contribution in [3.05, 3.63) is 62.0 Å². The zero-order valence-corrected chi connectivity index (χ0v) is 33.5. The molecule has 4 heterocycles. The third-order valence-electron chi connectivity index (χ3n) is 9.93. The quantitative estimate of drug-likeness (QED) is 0.332. The van der Waals surface area contributed by atoms with Crippen molar-refractivity contribution in [3.63, 3.8) is 0 Å². The minimum atomic E-state index is -4.51. The first-order valence-electron chi connectivity index (χ1n) is 17.9. The van der Waals surface area contributed by atoms with Gasteiger partial charge in [-0.3, -0.25) is 19.3 Å². The summed E-state index contributed by atoms with van der Waals surface area (Å²) in [6.07, 6.45) is 3.63. The van der Waals surface area contributed by atoms with Gasteiger partial charge in [-0.2, -0.15) is 0 Å². The Kier molecular flexibility index (Phi) is 11.8. The Hall–Kier alpha value is -3.93. The molecule has 19 heteroatoms. The Morgan fingerprint density at radius 2 is 1.87 bits per heavy atom. The molecule has 1 saturated heterocycles. The highest BCUT2D eigenvalue weighted by Crippen LogP contribution is 2.46. The van der Waals surface area contributed by atoms with Crippen LogP contribution in [0.5, 0.6) is 0 Å². The van der Waals surface area contributed by atoms with E-state index in [1.165, 1.54) is 15.9 Å². The fourth-order valence-corrected chi connectivity index (χ4v) is 10.3. The van der Waals surface area contributed by atoms with Crippen molar-refractivity contribution in [2.24, 2.45) is 5.92 Å². The first kappa shape index (κ1) is 40.7. The van der Waals surface area contributed by atoms with Crippen LogP contribution in [-0.2, 0) is 47.0 Å². The van der Waals surface area contributed by atoms with E-state index in [0.29, 0.717) is 36.8 Å². The molecule has 0 radical (unpaired) electrons. The molecule has 0 unspecified atom stereocenters. The fraction of sp³-hybridized carbons (Fsp3) is 0.528. The van der Waals surface area contributed by atoms with Gasteiger partial charge in [0.1, 0.15) is 44.4 Å². The smallest absolute Gasteiger partial charge is 0.410 e. The second-order valence-electron chi connectivity index (χ2n) is 15.1. The first-order chi connectivity index (χ1) is 25.9. The molecule has 0 spiro atoms. The summed E-state index contributed by atoms with van der Waals surface area (Å²) in [4.78, 5) is 71.0. The number of hydrogen-bond donors (Lipinski definition) is 3. The maximum Gasteiger partial charge on any atom is 0.410 e. The maximum atomic E-state index is 14.4. The molecule has 4 aliphatic rings. The normalized spacial score (nSPS) is 25.8. The second kappa shape index (κ2) is 15.9. The van der Waals surface area contributed by atoms with Crippen molar-refractivity contribution in [1.82, 2.24) is 25.2 Å². The number of allylic oxidation sites excluding steroid dienone is 1. The van der Waals surface area contributed by atoms with Crippen LogP contribution >= 0.6 is 34.5 Å². The highest BCUT2D eigenvalue weighted by molar-refractivity contribution is 7.90. The van der Waals surface area contributed by atoms with E-state index < -0.39 is 85.9 Å². The van der Waals surface area contributed by atoms with E-state index in [0.717, 1.165) is 17.4 Å². The number of rotatable bonds is 5. The maximum absolute atomic E-state index is 14.4. The van der Waals surface area contributed by atoms with Crippen molar-refractivity contribution < 1.29 is 46.3 Å². The summed E-state index contributed by atoms with van der Waals surface area (Å²) in [6.45, 7) is 4.87. The van der Waals surface area contributed by atoms with Crippen LogP contribution in [0.1, 0.15) is 76.8 Å². The number of nitrogens with zero attached hydrogens (tertiary/aromatic N) is 2. The SMILES string of the molecule is CC(C)(C)OC(=O)N[C@H]1CCCCCC=C[C@@H]2C[C@@]2(C(=O)NS(=O)(=O)c2cc(Cl)sc2Cl)NC(=O)[C@@H]2C[C@@H](OC(=O)N3Cc4cccc(F)c4C3)CN2C1=O. The van der Waals surface area contributed by atoms with Crippen LogP contribution in [0.3, 0.4) is 0 Å². The average molecular weight is 843 g/mol. The summed E-state index contributed by atoms with van der Waals surface area (Å²) in [7, 11) is -4.51. The van der Waals surface area contributed by atoms with E-state index in [1.54, 1.807) is 39.0 Å². The number of benzene rings is 1. The molecule has 1 aromatic heterocycles. The van der Waals surface area contributed by atoms with Gasteiger partial charge in [-0.1, -0.05) is 60.3 Å². The first-order valence-corrected chi connectivity index (χ1v) is 20.9. The Bertz CT molecular complexity index is 2020. The van der Waals surface area contributed by atoms with Crippen molar-refractivity contribution in [3.8, 4) is 0 Å². The Balaban J connectivity index is 1.27. The second-order valence-corrected chi connectivity index (χ2v) is 19.1. The van der Waals surface area contributed by atoms with Gasteiger partial charge >= 0.3 is 12.2 Å². The lowest BCUT2D eigenvalue weighted by molar-refractivity contribution is -0.141. The van der Waals surface area contributed by atoms with Crippen LogP contribution in [-0.4, -0.2) is 84.0 Å². The van der Waals surface area contributed by atoms with E-state index >= 15 is 0 Å². The number of carbonyl (C=O) groups is 5. The predicted molar refractivity (Wildman–Crippen MR) is 200 cm³/mol. The van der Waals surface area contributed by atoms with E-state index in [2.05, 4.69) is 10.6 Å². The summed E-state index contributed by atoms with van der Waals surface area (Å²) >= 11 is 12.9. The summed E-state index contributed by atoms with van der Waals surface area (Å²) in [5, 5.41) is 5.39. The van der Waals surface area contributed by atoms with Crippen LogP contribution in [0.2, 0.25) is 8.67 Å². The molecule has 6 rings (SSSR count). The molecule has 0 bridgehead atoms. The highest BCUT2D eigenvalue weighted by atomic mass is 35.5. The molecule has 14 nitrogen and oxygen atoms in total. The zero-order chi connectivity index (χ0) is 39.9. The molecular formula is C36H42Cl2FN5O9S2. The van der Waals surface area contributed by atoms with E-state index in [4.69, 9.17) is 32.7 Å². The van der Waals surface area contributed by atoms with E-state index in [-0.39, 0.29) is 47.6 Å². The molecule has 298 valence electrons. The van der Waals surface area contributed by atoms with Crippen LogP contribution in [0.15, 0.2) is 41.3 Å². The molecule has 1 saturated carbocycles. The highest BCUT2D eigenvalue weighted by Gasteiger charge is 2.62. The monoisotopic (exact) mass is 841 g/mol. The van der Waals surface area contributed by atoms with Crippen LogP contribution in [0, 0.1) is 11.7 Å². The van der Waals surface area contributed by atoms with E-state index in [1.807, 2.05) is 10.8 Å². The molecule has 1 aliphatic carbocycles. The molecule has 2 aromatic rings. The van der Waals surface area contributed by atoms with Gasteiger partial charge in [0.2, 0.25) is 11.8 Å². The summed E-state index contributed by atoms with van der Waals surface area (Å²) in [5.41, 5.74) is -1.58. The molecular weight excluding hydrogens is 800 g/mol. The van der Waals surface area contributed by atoms with Gasteiger partial charge in [0.25, 0.3) is 15.9 Å². The van der Waals surface area contributed by atoms with Gasteiger partial charge in [-0.05, 0) is 64.2 Å². The lowest BCUT2D eigenvalue weighted by atomic mass is 10.0. The van der Waals surface area contributed by atoms with Crippen LogP contribution < -0.4 is 15.4 Å². The fourth-order valence-electron chi connectivity index (χ4n) is 7.12. The number of carbonyl (C=O) groups excluding carboxylic acids is 5. The minimum Gasteiger partial charge on any atom is -0.444 e. The average Bonchev–Trinajstić information content (AvgIpc) is 3.39. The van der Waals surface area contributed by atoms with Gasteiger partial charge in [0.15, 0.2) is 0 Å². The summed E-state index contributed by atoms with van der Waals surface area (Å²) in [5.74, 6) is -3.48. The van der Waals surface area contributed by atoms with E-state index in [9.17, 15) is 36.8 Å². The third-order valence-corrected chi connectivity index (χ3v) is 13.0. The van der Waals surface area contributed by atoms with Crippen molar-refractivity contribution >= 4 is 74.5 Å². The number of fused-ring (bicyclic) bond motifs is 3. The van der Waals surface area contributed by atoms with Crippen molar-refractivity contribution in [2.75, 3.05) is 6.54 Å². The largest absolute Gasteiger partial charge is 0.444 e. The number of thiophene rings is 1. The number of alkyl carbamates (subject to hydrolysis) is 1. The standard InChI is InChI=1S/C36H42Cl2FN5O9S2/c1-35(2,3)53-33(48)40-25-13-8-6-4-5-7-11-21-16-36(21,32(47)42-55(50,51)27-15-28(37)54-29(27)38)41-30(45)26-14-22(18-44(26)31(25)46)52-34(49)43-17-20-10-9-12-24(39)23(20)19-43/h7,9-12,15,21-22,25-26H,4-6,8,13-14,16-19H2,1-3H3,(H,40,48)(H,41,45)(H,42,47)/t21-,22-,25+,26+,36-/m1/s1. The number of sulfonamides is 1. The predicted octanol–water partition coefficient (Wildman–Crippen LogP) is 5.41. The molecule has 1 aromatic carbocycles. The Labute approximate surface area is 332 Å². The van der Waals surface area contributed by atoms with Crippen LogP contribution in [0.25, 0.3) is 0 Å². The number of ether oxygens (including phenoxy) is 2. The van der Waals surface area contributed by atoms with Crippen molar-refractivity contribution in [2.45, 2.75) is 113 Å². The lowest BCUT2D eigenvalue weighted by Gasteiger charge is -2.30. The number of nitrogens with one attached hydrogen (secondary N) is 3. The van der Waals surface area contributed by atoms with Gasteiger partial charge in [-0.15, -0.1) is 11.3 Å². The molecule has 55 heavy (non-hydrogen) atoms. The topological polar surface area (TPSA) is 181 Å². The number of hydrogen-bond acceptors (Lipinski definition) is 10. The van der Waals surface area contributed by atoms with Crippen molar-refractivity contribution in [1.29, 1.82) is 0 Å². The van der Waals surface area contributed by atoms with Gasteiger partial charge in [0, 0.05) is 24.4 Å². The molecule has 5 amide bonds. The van der Waals surface area contributed by atoms with Crippen LogP contribution in [0.4, 0.5) is 14.0 Å². The van der Waals surface area contributed by atoms with Gasteiger partial charge in [-0.25, -0.2) is 27.1 Å². The minimum absolute atomic E-state index is 0.0275. The number of halogens is 3.